The molecule has 6 aromatic rings. The second-order valence-corrected chi connectivity index (χ2v) is 13.4. The van der Waals surface area contributed by atoms with E-state index in [1.165, 1.54) is 36.4 Å². The van der Waals surface area contributed by atoms with E-state index in [4.69, 9.17) is 19.3 Å². The summed E-state index contributed by atoms with van der Waals surface area (Å²) in [6.45, 7) is 13.2. The monoisotopic (exact) mass is 804 g/mol. The van der Waals surface area contributed by atoms with Gasteiger partial charge in [-0.2, -0.15) is 35.1 Å². The Morgan fingerprint density at radius 3 is 1.24 bits per heavy atom. The number of phenols is 1. The quantitative estimate of drug-likeness (QED) is 0.0760. The summed E-state index contributed by atoms with van der Waals surface area (Å²) in [6, 6.07) is 27.2. The number of halogens is 8. The van der Waals surface area contributed by atoms with Crippen molar-refractivity contribution in [2.24, 2.45) is 0 Å². The van der Waals surface area contributed by atoms with Gasteiger partial charge in [-0.05, 0) is 66.3 Å². The SMILES string of the molecule is C=CCc1ccccc1Oc1c(F)c(F)c(O)c(F)c1F.C=CCc1ccccc1Oc1c(F)c(F)c(Oc2ccc(C(C)(C)c3ccc(C)cc3)cc2)c(F)c1F. The highest BCUT2D eigenvalue weighted by Gasteiger charge is 2.30. The second-order valence-electron chi connectivity index (χ2n) is 13.4. The summed E-state index contributed by atoms with van der Waals surface area (Å²) in [5.74, 6) is -19.5. The van der Waals surface area contributed by atoms with E-state index in [-0.39, 0.29) is 22.7 Å². The predicted octanol–water partition coefficient (Wildman–Crippen LogP) is 13.7. The van der Waals surface area contributed by atoms with Crippen LogP contribution in [0, 0.1) is 53.5 Å². The van der Waals surface area contributed by atoms with Gasteiger partial charge in [-0.25, -0.2) is 0 Å². The molecule has 0 spiro atoms. The molecule has 300 valence electrons. The van der Waals surface area contributed by atoms with E-state index >= 15 is 0 Å². The number of para-hydroxylation sites is 2. The number of benzene rings is 6. The molecule has 12 heteroatoms. The molecule has 0 amide bonds. The van der Waals surface area contributed by atoms with Gasteiger partial charge < -0.3 is 19.3 Å². The molecule has 0 aromatic heterocycles. The summed E-state index contributed by atoms with van der Waals surface area (Å²) >= 11 is 0. The standard InChI is InChI=1S/C31H26F4O2.C15H10F4O2/c1-5-8-20-9-6-7-10-24(20)37-30-27(34)25(32)29(26(33)28(30)35)36-23-17-15-22(16-18-23)31(3,4)21-13-11-19(2)12-14-21;1-2-5-8-6-3-4-7-9(8)21-15-12(18)10(16)14(20)11(17)13(15)19/h5-7,9-18H,1,8H2,2-4H3;2-4,6-7,20H,1,5H2. The van der Waals surface area contributed by atoms with Gasteiger partial charge in [0.1, 0.15) is 17.2 Å². The Morgan fingerprint density at radius 1 is 0.500 bits per heavy atom. The van der Waals surface area contributed by atoms with Crippen molar-refractivity contribution in [3.05, 3.63) is 197 Å². The minimum absolute atomic E-state index is 0.0186. The number of hydrogen-bond donors (Lipinski definition) is 1. The van der Waals surface area contributed by atoms with E-state index in [1.807, 2.05) is 45.0 Å². The van der Waals surface area contributed by atoms with Gasteiger partial charge in [-0.3, -0.25) is 0 Å². The molecule has 4 nitrogen and oxygen atoms in total. The third-order valence-electron chi connectivity index (χ3n) is 9.05. The normalized spacial score (nSPS) is 11.0. The highest BCUT2D eigenvalue weighted by atomic mass is 19.2. The van der Waals surface area contributed by atoms with Crippen molar-refractivity contribution in [2.75, 3.05) is 0 Å². The van der Waals surface area contributed by atoms with Crippen molar-refractivity contribution in [2.45, 2.75) is 39.0 Å². The molecule has 0 saturated carbocycles. The molecule has 0 bridgehead atoms. The van der Waals surface area contributed by atoms with Gasteiger partial charge in [-0.1, -0.05) is 104 Å². The Hall–Kier alpha value is -6.56. The van der Waals surface area contributed by atoms with Crippen LogP contribution in [0.25, 0.3) is 0 Å². The van der Waals surface area contributed by atoms with Gasteiger partial charge in [0.25, 0.3) is 0 Å². The molecule has 6 aromatic carbocycles. The van der Waals surface area contributed by atoms with Crippen LogP contribution in [0.2, 0.25) is 0 Å². The molecule has 0 saturated heterocycles. The number of allylic oxidation sites excluding steroid dienone is 2. The molecule has 6 rings (SSSR count). The number of phenolic OH excluding ortho intramolecular Hbond substituents is 1. The number of hydrogen-bond acceptors (Lipinski definition) is 4. The summed E-state index contributed by atoms with van der Waals surface area (Å²) in [6.07, 6.45) is 3.78. The minimum Gasteiger partial charge on any atom is -0.503 e. The Kier molecular flexibility index (Phi) is 13.3. The lowest BCUT2D eigenvalue weighted by molar-refractivity contribution is 0.324. The van der Waals surface area contributed by atoms with Gasteiger partial charge in [0, 0.05) is 5.41 Å². The van der Waals surface area contributed by atoms with Crippen molar-refractivity contribution in [3.8, 4) is 40.2 Å². The molecule has 0 atom stereocenters. The van der Waals surface area contributed by atoms with Crippen LogP contribution >= 0.6 is 0 Å². The first-order chi connectivity index (χ1) is 27.6. The van der Waals surface area contributed by atoms with Crippen LogP contribution in [0.15, 0.2) is 122 Å². The highest BCUT2D eigenvalue weighted by molar-refractivity contribution is 5.47. The number of ether oxygens (including phenoxy) is 3. The molecule has 0 aliphatic heterocycles. The van der Waals surface area contributed by atoms with Crippen LogP contribution in [0.3, 0.4) is 0 Å². The third-order valence-corrected chi connectivity index (χ3v) is 9.05. The molecule has 0 heterocycles. The summed E-state index contributed by atoms with van der Waals surface area (Å²) in [5.41, 5.74) is 3.86. The first-order valence-corrected chi connectivity index (χ1v) is 17.6. The summed E-state index contributed by atoms with van der Waals surface area (Å²) < 4.78 is 129. The maximum Gasteiger partial charge on any atom is 0.208 e. The van der Waals surface area contributed by atoms with E-state index in [0.717, 1.165) is 16.7 Å². The zero-order chi connectivity index (χ0) is 42.3. The number of aromatic hydroxyl groups is 1. The van der Waals surface area contributed by atoms with Gasteiger partial charge in [0.05, 0.1) is 0 Å². The average molecular weight is 805 g/mol. The second kappa shape index (κ2) is 18.1. The van der Waals surface area contributed by atoms with Crippen LogP contribution in [0.4, 0.5) is 35.1 Å². The molecule has 1 N–H and O–H groups in total. The lowest BCUT2D eigenvalue weighted by Gasteiger charge is -2.26. The Bertz CT molecular complexity index is 2390. The maximum absolute atomic E-state index is 14.9. The average Bonchev–Trinajstić information content (AvgIpc) is 3.22. The van der Waals surface area contributed by atoms with Gasteiger partial charge in [-0.15, -0.1) is 13.2 Å². The summed E-state index contributed by atoms with van der Waals surface area (Å²) in [5, 5.41) is 8.90. The summed E-state index contributed by atoms with van der Waals surface area (Å²) in [4.78, 5) is 0. The first kappa shape index (κ1) is 42.6. The van der Waals surface area contributed by atoms with Gasteiger partial charge >= 0.3 is 0 Å². The molecule has 0 aliphatic rings. The lowest BCUT2D eigenvalue weighted by atomic mass is 9.78. The Balaban J connectivity index is 0.000000258. The zero-order valence-electron chi connectivity index (χ0n) is 31.4. The maximum atomic E-state index is 14.9. The molecular formula is C46H36F8O4. The lowest BCUT2D eigenvalue weighted by Crippen LogP contribution is -2.18. The fourth-order valence-electron chi connectivity index (χ4n) is 5.73. The molecule has 0 aliphatic carbocycles. The van der Waals surface area contributed by atoms with Crippen LogP contribution in [-0.4, -0.2) is 5.11 Å². The molecule has 0 unspecified atom stereocenters. The Morgan fingerprint density at radius 2 is 0.845 bits per heavy atom. The van der Waals surface area contributed by atoms with Crippen LogP contribution in [0.1, 0.15) is 41.7 Å². The number of rotatable bonds is 12. The van der Waals surface area contributed by atoms with Crippen LogP contribution < -0.4 is 14.2 Å². The van der Waals surface area contributed by atoms with Gasteiger partial charge in [0.15, 0.2) is 5.75 Å². The third kappa shape index (κ3) is 9.01. The smallest absolute Gasteiger partial charge is 0.208 e. The van der Waals surface area contributed by atoms with E-state index in [0.29, 0.717) is 24.0 Å². The van der Waals surface area contributed by atoms with Crippen molar-refractivity contribution >= 4 is 0 Å². The molecule has 0 radical (unpaired) electrons. The van der Waals surface area contributed by atoms with Crippen LogP contribution in [-0.2, 0) is 18.3 Å². The molecular weight excluding hydrogens is 768 g/mol. The minimum atomic E-state index is -1.91. The topological polar surface area (TPSA) is 47.9 Å². The summed E-state index contributed by atoms with van der Waals surface area (Å²) in [7, 11) is 0. The first-order valence-electron chi connectivity index (χ1n) is 17.6. The fourth-order valence-corrected chi connectivity index (χ4v) is 5.73. The van der Waals surface area contributed by atoms with Crippen molar-refractivity contribution in [1.29, 1.82) is 0 Å². The van der Waals surface area contributed by atoms with Crippen molar-refractivity contribution in [3.63, 3.8) is 0 Å². The molecule has 58 heavy (non-hydrogen) atoms. The van der Waals surface area contributed by atoms with Gasteiger partial charge in [0.2, 0.25) is 63.8 Å². The zero-order valence-corrected chi connectivity index (χ0v) is 31.4. The molecule has 0 fully saturated rings. The van der Waals surface area contributed by atoms with E-state index in [2.05, 4.69) is 13.2 Å². The van der Waals surface area contributed by atoms with E-state index in [1.54, 1.807) is 48.5 Å². The van der Waals surface area contributed by atoms with Crippen molar-refractivity contribution < 1.29 is 54.4 Å². The Labute approximate surface area is 329 Å². The largest absolute Gasteiger partial charge is 0.503 e. The highest BCUT2D eigenvalue weighted by Crippen LogP contribution is 2.41. The van der Waals surface area contributed by atoms with Crippen molar-refractivity contribution in [1.82, 2.24) is 0 Å². The number of aryl methyl sites for hydroxylation is 1. The van der Waals surface area contributed by atoms with E-state index < -0.39 is 69.5 Å². The predicted molar refractivity (Wildman–Crippen MR) is 205 cm³/mol. The van der Waals surface area contributed by atoms with Crippen LogP contribution in [0.5, 0.6) is 40.2 Å². The van der Waals surface area contributed by atoms with E-state index in [9.17, 15) is 35.1 Å². The fraction of sp³-hybridized carbons (Fsp3) is 0.130.